The van der Waals surface area contributed by atoms with E-state index in [0.717, 1.165) is 5.56 Å². The van der Waals surface area contributed by atoms with Crippen LogP contribution < -0.4 is 4.74 Å². The van der Waals surface area contributed by atoms with Crippen LogP contribution in [0.3, 0.4) is 0 Å². The SMILES string of the molecule is Cc1ccc([N+](=O)[O-])cc1OC(=O)CSCc1cccnc1. The predicted molar refractivity (Wildman–Crippen MR) is 83.9 cm³/mol. The Labute approximate surface area is 131 Å². The summed E-state index contributed by atoms with van der Waals surface area (Å²) in [6.07, 6.45) is 3.43. The van der Waals surface area contributed by atoms with E-state index in [2.05, 4.69) is 4.98 Å². The van der Waals surface area contributed by atoms with Gasteiger partial charge in [0.05, 0.1) is 16.7 Å². The van der Waals surface area contributed by atoms with Crippen molar-refractivity contribution in [2.75, 3.05) is 5.75 Å². The Kier molecular flexibility index (Phi) is 5.48. The second-order valence-corrected chi connectivity index (χ2v) is 5.52. The first-order valence-corrected chi connectivity index (χ1v) is 7.64. The molecule has 0 radical (unpaired) electrons. The minimum atomic E-state index is -0.520. The van der Waals surface area contributed by atoms with Gasteiger partial charge in [-0.25, -0.2) is 0 Å². The zero-order valence-corrected chi connectivity index (χ0v) is 12.7. The number of pyridine rings is 1. The summed E-state index contributed by atoms with van der Waals surface area (Å²) in [5, 5.41) is 10.7. The van der Waals surface area contributed by atoms with Gasteiger partial charge in [0, 0.05) is 24.2 Å². The van der Waals surface area contributed by atoms with Crippen molar-refractivity contribution in [2.45, 2.75) is 12.7 Å². The summed E-state index contributed by atoms with van der Waals surface area (Å²) in [4.78, 5) is 26.0. The molecule has 0 saturated carbocycles. The number of nitrogens with zero attached hydrogens (tertiary/aromatic N) is 2. The lowest BCUT2D eigenvalue weighted by atomic mass is 10.2. The highest BCUT2D eigenvalue weighted by molar-refractivity contribution is 7.99. The first kappa shape index (κ1) is 16.0. The number of hydrogen-bond acceptors (Lipinski definition) is 6. The number of benzene rings is 1. The molecule has 6 nitrogen and oxygen atoms in total. The monoisotopic (exact) mass is 318 g/mol. The number of nitro groups is 1. The molecule has 0 aliphatic heterocycles. The van der Waals surface area contributed by atoms with Crippen molar-refractivity contribution >= 4 is 23.4 Å². The van der Waals surface area contributed by atoms with Crippen molar-refractivity contribution in [1.82, 2.24) is 4.98 Å². The van der Waals surface area contributed by atoms with Crippen molar-refractivity contribution in [1.29, 1.82) is 0 Å². The molecular formula is C15H14N2O4S. The molecule has 0 atom stereocenters. The fourth-order valence-electron chi connectivity index (χ4n) is 1.70. The van der Waals surface area contributed by atoms with Gasteiger partial charge in [-0.3, -0.25) is 19.9 Å². The van der Waals surface area contributed by atoms with Crippen LogP contribution in [0.1, 0.15) is 11.1 Å². The summed E-state index contributed by atoms with van der Waals surface area (Å²) in [5.74, 6) is 0.604. The van der Waals surface area contributed by atoms with Crippen LogP contribution >= 0.6 is 11.8 Å². The Hall–Kier alpha value is -2.41. The zero-order chi connectivity index (χ0) is 15.9. The zero-order valence-electron chi connectivity index (χ0n) is 11.9. The fourth-order valence-corrected chi connectivity index (χ4v) is 2.43. The largest absolute Gasteiger partial charge is 0.425 e. The Bertz CT molecular complexity index is 676. The maximum Gasteiger partial charge on any atom is 0.321 e. The molecular weight excluding hydrogens is 304 g/mol. The molecule has 0 saturated heterocycles. The summed E-state index contributed by atoms with van der Waals surface area (Å²) in [5.41, 5.74) is 1.60. The minimum Gasteiger partial charge on any atom is -0.425 e. The summed E-state index contributed by atoms with van der Waals surface area (Å²) < 4.78 is 5.19. The molecule has 0 aliphatic carbocycles. The molecule has 2 aromatic rings. The van der Waals surface area contributed by atoms with E-state index in [9.17, 15) is 14.9 Å². The van der Waals surface area contributed by atoms with Gasteiger partial charge in [-0.15, -0.1) is 11.8 Å². The molecule has 22 heavy (non-hydrogen) atoms. The topological polar surface area (TPSA) is 82.3 Å². The minimum absolute atomic E-state index is 0.101. The molecule has 7 heteroatoms. The lowest BCUT2D eigenvalue weighted by Crippen LogP contribution is -2.11. The standard InChI is InChI=1S/C15H14N2O4S/c1-11-4-5-13(17(19)20)7-14(11)21-15(18)10-22-9-12-3-2-6-16-8-12/h2-8H,9-10H2,1H3. The quantitative estimate of drug-likeness (QED) is 0.352. The van der Waals surface area contributed by atoms with Gasteiger partial charge in [0.15, 0.2) is 0 Å². The van der Waals surface area contributed by atoms with Gasteiger partial charge in [0.1, 0.15) is 5.75 Å². The predicted octanol–water partition coefficient (Wildman–Crippen LogP) is 3.14. The molecule has 0 amide bonds. The second kappa shape index (κ2) is 7.56. The van der Waals surface area contributed by atoms with Crippen LogP contribution in [0.25, 0.3) is 0 Å². The van der Waals surface area contributed by atoms with Gasteiger partial charge >= 0.3 is 5.97 Å². The van der Waals surface area contributed by atoms with Gasteiger partial charge in [-0.05, 0) is 30.2 Å². The van der Waals surface area contributed by atoms with E-state index in [4.69, 9.17) is 4.74 Å². The second-order valence-electron chi connectivity index (χ2n) is 4.54. The number of carbonyl (C=O) groups excluding carboxylic acids is 1. The number of hydrogen-bond donors (Lipinski definition) is 0. The molecule has 0 spiro atoms. The van der Waals surface area contributed by atoms with Gasteiger partial charge in [-0.2, -0.15) is 0 Å². The molecule has 0 aliphatic rings. The number of ether oxygens (including phenoxy) is 1. The molecule has 0 unspecified atom stereocenters. The Morgan fingerprint density at radius 3 is 2.91 bits per heavy atom. The van der Waals surface area contributed by atoms with E-state index in [1.807, 2.05) is 12.1 Å². The Morgan fingerprint density at radius 2 is 2.23 bits per heavy atom. The normalized spacial score (nSPS) is 10.2. The first-order chi connectivity index (χ1) is 10.6. The third kappa shape index (κ3) is 4.56. The number of nitro benzene ring substituents is 1. The van der Waals surface area contributed by atoms with Crippen LogP contribution in [-0.4, -0.2) is 21.6 Å². The van der Waals surface area contributed by atoms with Crippen LogP contribution in [0.5, 0.6) is 5.75 Å². The molecule has 1 aromatic carbocycles. The number of carbonyl (C=O) groups is 1. The first-order valence-electron chi connectivity index (χ1n) is 6.48. The third-order valence-electron chi connectivity index (χ3n) is 2.82. The maximum absolute atomic E-state index is 11.8. The number of non-ortho nitro benzene ring substituents is 1. The van der Waals surface area contributed by atoms with E-state index in [0.29, 0.717) is 11.3 Å². The number of aromatic nitrogens is 1. The highest BCUT2D eigenvalue weighted by atomic mass is 32.2. The van der Waals surface area contributed by atoms with Crippen LogP contribution in [-0.2, 0) is 10.5 Å². The molecule has 1 aromatic heterocycles. The fraction of sp³-hybridized carbons (Fsp3) is 0.200. The van der Waals surface area contributed by atoms with Crippen molar-refractivity contribution in [2.24, 2.45) is 0 Å². The average molecular weight is 318 g/mol. The van der Waals surface area contributed by atoms with Gasteiger partial charge in [0.2, 0.25) is 0 Å². The molecule has 0 N–H and O–H groups in total. The lowest BCUT2D eigenvalue weighted by Gasteiger charge is -2.07. The van der Waals surface area contributed by atoms with E-state index in [1.165, 1.54) is 23.9 Å². The molecule has 114 valence electrons. The number of thioether (sulfide) groups is 1. The van der Waals surface area contributed by atoms with Crippen LogP contribution in [0.15, 0.2) is 42.7 Å². The summed E-state index contributed by atoms with van der Waals surface area (Å²) in [7, 11) is 0. The van der Waals surface area contributed by atoms with Gasteiger partial charge in [-0.1, -0.05) is 6.07 Å². The number of aryl methyl sites for hydroxylation is 1. The van der Waals surface area contributed by atoms with Gasteiger partial charge in [0.25, 0.3) is 5.69 Å². The van der Waals surface area contributed by atoms with Crippen LogP contribution in [0.4, 0.5) is 5.69 Å². The molecule has 2 rings (SSSR count). The van der Waals surface area contributed by atoms with Crippen molar-refractivity contribution in [3.05, 3.63) is 64.0 Å². The van der Waals surface area contributed by atoms with Gasteiger partial charge < -0.3 is 4.74 Å². The number of rotatable bonds is 6. The Balaban J connectivity index is 1.89. The van der Waals surface area contributed by atoms with Crippen molar-refractivity contribution < 1.29 is 14.5 Å². The molecule has 1 heterocycles. The number of esters is 1. The van der Waals surface area contributed by atoms with Crippen molar-refractivity contribution in [3.63, 3.8) is 0 Å². The summed E-state index contributed by atoms with van der Waals surface area (Å²) in [6.45, 7) is 1.73. The maximum atomic E-state index is 11.8. The van der Waals surface area contributed by atoms with E-state index in [-0.39, 0.29) is 17.2 Å². The third-order valence-corrected chi connectivity index (χ3v) is 3.80. The summed E-state index contributed by atoms with van der Waals surface area (Å²) >= 11 is 1.40. The van der Waals surface area contributed by atoms with Crippen LogP contribution in [0.2, 0.25) is 0 Å². The lowest BCUT2D eigenvalue weighted by molar-refractivity contribution is -0.384. The Morgan fingerprint density at radius 1 is 1.41 bits per heavy atom. The van der Waals surface area contributed by atoms with E-state index in [1.54, 1.807) is 25.4 Å². The molecule has 0 fully saturated rings. The molecule has 0 bridgehead atoms. The van der Waals surface area contributed by atoms with Crippen molar-refractivity contribution in [3.8, 4) is 5.75 Å². The smallest absolute Gasteiger partial charge is 0.321 e. The highest BCUT2D eigenvalue weighted by Gasteiger charge is 2.13. The van der Waals surface area contributed by atoms with E-state index >= 15 is 0 Å². The summed E-state index contributed by atoms with van der Waals surface area (Å²) in [6, 6.07) is 7.96. The highest BCUT2D eigenvalue weighted by Crippen LogP contribution is 2.24. The van der Waals surface area contributed by atoms with E-state index < -0.39 is 10.9 Å². The van der Waals surface area contributed by atoms with Crippen LogP contribution in [0, 0.1) is 17.0 Å². The average Bonchev–Trinajstić information content (AvgIpc) is 2.50.